The number of rotatable bonds is 8. The van der Waals surface area contributed by atoms with Crippen molar-refractivity contribution >= 4 is 21.9 Å². The fourth-order valence-corrected chi connectivity index (χ4v) is 3.48. The van der Waals surface area contributed by atoms with E-state index in [4.69, 9.17) is 4.74 Å². The summed E-state index contributed by atoms with van der Waals surface area (Å²) in [6, 6.07) is 11.4. The monoisotopic (exact) mass is 467 g/mol. The van der Waals surface area contributed by atoms with E-state index >= 15 is 0 Å². The quantitative estimate of drug-likeness (QED) is 0.538. The minimum atomic E-state index is -1.32. The maximum atomic E-state index is 13.4. The normalized spacial score (nSPS) is 12.7. The van der Waals surface area contributed by atoms with Gasteiger partial charge >= 0.3 is 5.97 Å². The lowest BCUT2D eigenvalue weighted by molar-refractivity contribution is -0.142. The molecule has 1 atom stereocenters. The van der Waals surface area contributed by atoms with Crippen LogP contribution >= 0.6 is 15.9 Å². The van der Waals surface area contributed by atoms with Gasteiger partial charge in [0.05, 0.1) is 0 Å². The Kier molecular flexibility index (Phi) is 10.5. The molecule has 0 saturated carbocycles. The number of carbonyl (C=O) groups is 1. The summed E-state index contributed by atoms with van der Waals surface area (Å²) in [5.41, 5.74) is 0.641. The van der Waals surface area contributed by atoms with Crippen LogP contribution in [0.25, 0.3) is 0 Å². The number of hydrogen-bond donors (Lipinski definition) is 1. The number of nitrogens with zero attached hydrogens (tertiary/aromatic N) is 1. The molecule has 1 N–H and O–H groups in total. The summed E-state index contributed by atoms with van der Waals surface area (Å²) in [4.78, 5) is 13.3. The van der Waals surface area contributed by atoms with Crippen LogP contribution in [0.1, 0.15) is 50.3 Å². The zero-order chi connectivity index (χ0) is 22.0. The number of hydrogen-bond acceptors (Lipinski definition) is 4. The molecule has 29 heavy (non-hydrogen) atoms. The largest absolute Gasteiger partial charge is 0.461 e. The van der Waals surface area contributed by atoms with E-state index in [-0.39, 0.29) is 18.4 Å². The summed E-state index contributed by atoms with van der Waals surface area (Å²) in [5.74, 6) is -0.746. The fourth-order valence-electron chi connectivity index (χ4n) is 3.08. The molecule has 4 nitrogen and oxygen atoms in total. The molecular formula is C23H31BrFNO3. The topological polar surface area (TPSA) is 49.8 Å². The lowest BCUT2D eigenvalue weighted by Crippen LogP contribution is -2.30. The van der Waals surface area contributed by atoms with Gasteiger partial charge in [0.2, 0.25) is 0 Å². The molecule has 0 saturated heterocycles. The highest BCUT2D eigenvalue weighted by atomic mass is 79.9. The van der Waals surface area contributed by atoms with Gasteiger partial charge in [-0.1, -0.05) is 48.0 Å². The molecule has 0 aliphatic heterocycles. The molecule has 0 spiro atoms. The van der Waals surface area contributed by atoms with E-state index in [9.17, 15) is 14.3 Å². The third kappa shape index (κ3) is 7.53. The summed E-state index contributed by atoms with van der Waals surface area (Å²) in [6.07, 6.45) is 1.19. The van der Waals surface area contributed by atoms with Crippen molar-refractivity contribution in [1.82, 2.24) is 4.90 Å². The molecule has 0 aliphatic rings. The molecule has 0 aromatic heterocycles. The molecule has 0 fully saturated rings. The Labute approximate surface area is 181 Å². The predicted octanol–water partition coefficient (Wildman–Crippen LogP) is 5.26. The molecule has 2 rings (SSSR count). The van der Waals surface area contributed by atoms with E-state index < -0.39 is 5.60 Å². The van der Waals surface area contributed by atoms with Crippen molar-refractivity contribution in [3.05, 3.63) is 69.4 Å². The number of carbonyl (C=O) groups excluding carboxylic acids is 1. The second kappa shape index (κ2) is 12.1. The number of benzene rings is 2. The first-order chi connectivity index (χ1) is 13.7. The molecule has 0 amide bonds. The van der Waals surface area contributed by atoms with Gasteiger partial charge in [-0.2, -0.15) is 0 Å². The third-order valence-corrected chi connectivity index (χ3v) is 4.90. The van der Waals surface area contributed by atoms with Gasteiger partial charge < -0.3 is 14.7 Å². The average Bonchev–Trinajstić information content (AvgIpc) is 2.68. The van der Waals surface area contributed by atoms with Crippen molar-refractivity contribution in [1.29, 1.82) is 0 Å². The Bertz CT molecular complexity index is 780. The number of ether oxygens (including phenoxy) is 1. The highest BCUT2D eigenvalue weighted by Gasteiger charge is 2.33. The lowest BCUT2D eigenvalue weighted by atomic mass is 9.80. The second-order valence-electron chi connectivity index (χ2n) is 6.86. The predicted molar refractivity (Wildman–Crippen MR) is 118 cm³/mol. The van der Waals surface area contributed by atoms with E-state index in [0.29, 0.717) is 23.1 Å². The van der Waals surface area contributed by atoms with Crippen molar-refractivity contribution < 1.29 is 19.0 Å². The van der Waals surface area contributed by atoms with Crippen LogP contribution in [-0.2, 0) is 21.7 Å². The summed E-state index contributed by atoms with van der Waals surface area (Å²) in [6.45, 7) is 6.21. The lowest BCUT2D eigenvalue weighted by Gasteiger charge is -2.32. The Morgan fingerprint density at radius 2 is 1.79 bits per heavy atom. The maximum Gasteiger partial charge on any atom is 0.302 e. The fraction of sp³-hybridized carbons (Fsp3) is 0.435. The van der Waals surface area contributed by atoms with Gasteiger partial charge in [0.25, 0.3) is 0 Å². The van der Waals surface area contributed by atoms with Gasteiger partial charge in [-0.15, -0.1) is 0 Å². The van der Waals surface area contributed by atoms with Crippen molar-refractivity contribution in [2.24, 2.45) is 0 Å². The molecule has 0 heterocycles. The molecule has 6 heteroatoms. The van der Waals surface area contributed by atoms with Crippen LogP contribution in [0.4, 0.5) is 4.39 Å². The zero-order valence-electron chi connectivity index (χ0n) is 17.8. The van der Waals surface area contributed by atoms with Gasteiger partial charge in [-0.3, -0.25) is 4.79 Å². The standard InChI is InChI=1S/C21H25BrFNO3.C2H6/c1-15(25)27-14-16-13-18(22)7-10-20(16)21(26,11-4-12-24(2)3)17-5-8-19(23)9-6-17;1-2/h5-10,13,26H,4,11-12,14H2,1-3H3;1-2H3. The van der Waals surface area contributed by atoms with Gasteiger partial charge in [-0.25, -0.2) is 4.39 Å². The van der Waals surface area contributed by atoms with Gasteiger partial charge in [0, 0.05) is 11.4 Å². The van der Waals surface area contributed by atoms with Gasteiger partial charge in [-0.05, 0) is 74.4 Å². The summed E-state index contributed by atoms with van der Waals surface area (Å²) in [5, 5.41) is 11.7. The van der Waals surface area contributed by atoms with Crippen LogP contribution in [0.15, 0.2) is 46.9 Å². The Hall–Kier alpha value is -1.76. The molecule has 0 aliphatic carbocycles. The summed E-state index contributed by atoms with van der Waals surface area (Å²) < 4.78 is 19.4. The molecule has 2 aromatic rings. The molecule has 0 bridgehead atoms. The van der Waals surface area contributed by atoms with Crippen LogP contribution in [0, 0.1) is 5.82 Å². The molecule has 2 aromatic carbocycles. The first-order valence-corrected chi connectivity index (χ1v) is 10.6. The Balaban J connectivity index is 0.00000204. The zero-order valence-corrected chi connectivity index (χ0v) is 19.4. The van der Waals surface area contributed by atoms with Gasteiger partial charge in [0.15, 0.2) is 0 Å². The Morgan fingerprint density at radius 1 is 1.17 bits per heavy atom. The SMILES string of the molecule is CC.CC(=O)OCc1cc(Br)ccc1C(O)(CCCN(C)C)c1ccc(F)cc1. The van der Waals surface area contributed by atoms with Gasteiger partial charge in [0.1, 0.15) is 18.0 Å². The summed E-state index contributed by atoms with van der Waals surface area (Å²) >= 11 is 3.43. The van der Waals surface area contributed by atoms with Crippen LogP contribution < -0.4 is 0 Å². The van der Waals surface area contributed by atoms with E-state index in [1.54, 1.807) is 12.1 Å². The number of halogens is 2. The summed E-state index contributed by atoms with van der Waals surface area (Å²) in [7, 11) is 3.95. The molecular weight excluding hydrogens is 437 g/mol. The van der Waals surface area contributed by atoms with E-state index in [2.05, 4.69) is 15.9 Å². The smallest absolute Gasteiger partial charge is 0.302 e. The molecule has 1 unspecified atom stereocenters. The second-order valence-corrected chi connectivity index (χ2v) is 7.77. The number of aliphatic hydroxyl groups is 1. The van der Waals surface area contributed by atoms with Crippen molar-refractivity contribution in [3.63, 3.8) is 0 Å². The minimum absolute atomic E-state index is 0.0568. The van der Waals surface area contributed by atoms with Crippen LogP contribution in [-0.4, -0.2) is 36.6 Å². The molecule has 0 radical (unpaired) electrons. The van der Waals surface area contributed by atoms with Crippen LogP contribution in [0.2, 0.25) is 0 Å². The van der Waals surface area contributed by atoms with Crippen molar-refractivity contribution in [2.45, 2.75) is 45.8 Å². The van der Waals surface area contributed by atoms with Crippen LogP contribution in [0.3, 0.4) is 0 Å². The highest BCUT2D eigenvalue weighted by molar-refractivity contribution is 9.10. The minimum Gasteiger partial charge on any atom is -0.461 e. The first-order valence-electron chi connectivity index (χ1n) is 9.78. The van der Waals surface area contributed by atoms with E-state index in [1.807, 2.05) is 51.0 Å². The van der Waals surface area contributed by atoms with E-state index in [0.717, 1.165) is 17.4 Å². The van der Waals surface area contributed by atoms with E-state index in [1.165, 1.54) is 19.1 Å². The Morgan fingerprint density at radius 3 is 2.34 bits per heavy atom. The number of esters is 1. The average molecular weight is 468 g/mol. The van der Waals surface area contributed by atoms with Crippen molar-refractivity contribution in [3.8, 4) is 0 Å². The van der Waals surface area contributed by atoms with Crippen LogP contribution in [0.5, 0.6) is 0 Å². The maximum absolute atomic E-state index is 13.4. The third-order valence-electron chi connectivity index (χ3n) is 4.41. The molecule has 160 valence electrons. The first kappa shape index (κ1) is 25.3. The highest BCUT2D eigenvalue weighted by Crippen LogP contribution is 2.37. The van der Waals surface area contributed by atoms with Crippen molar-refractivity contribution in [2.75, 3.05) is 20.6 Å².